The summed E-state index contributed by atoms with van der Waals surface area (Å²) in [7, 11) is 0. The first-order valence-electron chi connectivity index (χ1n) is 7.10. The number of rotatable bonds is 6. The van der Waals surface area contributed by atoms with Crippen molar-refractivity contribution >= 4 is 11.8 Å². The van der Waals surface area contributed by atoms with Crippen LogP contribution in [0.4, 0.5) is 8.78 Å². The Morgan fingerprint density at radius 2 is 1.81 bits per heavy atom. The molecule has 2 aromatic carbocycles. The second-order valence-electron chi connectivity index (χ2n) is 4.73. The minimum absolute atomic E-state index is 0.218. The molecule has 1 unspecified atom stereocenters. The van der Waals surface area contributed by atoms with Gasteiger partial charge < -0.3 is 5.32 Å². The first-order chi connectivity index (χ1) is 10.2. The number of benzene rings is 2. The van der Waals surface area contributed by atoms with Gasteiger partial charge >= 0.3 is 0 Å². The molecular weight excluding hydrogens is 288 g/mol. The van der Waals surface area contributed by atoms with E-state index in [-0.39, 0.29) is 6.04 Å². The quantitative estimate of drug-likeness (QED) is 0.789. The van der Waals surface area contributed by atoms with Crippen molar-refractivity contribution in [3.05, 3.63) is 59.7 Å². The summed E-state index contributed by atoms with van der Waals surface area (Å²) >= 11 is 1.27. The Bertz CT molecular complexity index is 601. The number of hydrogen-bond acceptors (Lipinski definition) is 2. The number of hydrogen-bond donors (Lipinski definition) is 1. The topological polar surface area (TPSA) is 12.0 Å². The smallest absolute Gasteiger partial charge is 0.137 e. The van der Waals surface area contributed by atoms with E-state index in [0.29, 0.717) is 4.90 Å². The van der Waals surface area contributed by atoms with Crippen molar-refractivity contribution in [2.24, 2.45) is 0 Å². The van der Waals surface area contributed by atoms with E-state index in [1.165, 1.54) is 23.9 Å². The van der Waals surface area contributed by atoms with Gasteiger partial charge in [-0.3, -0.25) is 0 Å². The van der Waals surface area contributed by atoms with Crippen molar-refractivity contribution in [2.75, 3.05) is 6.54 Å². The number of nitrogens with one attached hydrogen (secondary N) is 1. The van der Waals surface area contributed by atoms with Crippen molar-refractivity contribution in [3.63, 3.8) is 0 Å². The van der Waals surface area contributed by atoms with Gasteiger partial charge in [-0.15, -0.1) is 0 Å². The normalized spacial score (nSPS) is 12.4. The second-order valence-corrected chi connectivity index (χ2v) is 5.82. The lowest BCUT2D eigenvalue weighted by atomic mass is 10.0. The zero-order valence-electron chi connectivity index (χ0n) is 12.2. The molecule has 0 spiro atoms. The molecule has 0 saturated heterocycles. The molecule has 0 heterocycles. The van der Waals surface area contributed by atoms with Crippen LogP contribution in [0.1, 0.15) is 31.9 Å². The third kappa shape index (κ3) is 4.05. The molecule has 2 aromatic rings. The molecule has 0 aliphatic carbocycles. The summed E-state index contributed by atoms with van der Waals surface area (Å²) in [6.45, 7) is 5.04. The highest BCUT2D eigenvalue weighted by atomic mass is 32.2. The molecular formula is C17H19F2NS. The molecule has 1 nitrogen and oxygen atoms in total. The van der Waals surface area contributed by atoms with Crippen LogP contribution in [0, 0.1) is 11.6 Å². The van der Waals surface area contributed by atoms with Gasteiger partial charge in [0, 0.05) is 10.9 Å². The Balaban J connectivity index is 2.33. The molecule has 112 valence electrons. The van der Waals surface area contributed by atoms with Crippen LogP contribution in [-0.2, 0) is 0 Å². The summed E-state index contributed by atoms with van der Waals surface area (Å²) in [6, 6.07) is 11.6. The Hall–Kier alpha value is -1.39. The lowest BCUT2D eigenvalue weighted by molar-refractivity contribution is 0.530. The van der Waals surface area contributed by atoms with Gasteiger partial charge in [-0.05, 0) is 42.8 Å². The van der Waals surface area contributed by atoms with Gasteiger partial charge in [-0.2, -0.15) is 0 Å². The zero-order chi connectivity index (χ0) is 15.2. The standard InChI is InChI=1S/C17H19F2NS/c1-3-15(20-4-2)13-7-5-6-8-16(13)21-17-11-12(18)9-10-14(17)19/h5-11,15,20H,3-4H2,1-2H3. The van der Waals surface area contributed by atoms with Crippen LogP contribution in [-0.4, -0.2) is 6.54 Å². The summed E-state index contributed by atoms with van der Waals surface area (Å²) in [5.41, 5.74) is 1.12. The fourth-order valence-corrected chi connectivity index (χ4v) is 3.30. The Labute approximate surface area is 128 Å². The first-order valence-corrected chi connectivity index (χ1v) is 7.92. The molecule has 2 rings (SSSR count). The van der Waals surface area contributed by atoms with Crippen molar-refractivity contribution < 1.29 is 8.78 Å². The van der Waals surface area contributed by atoms with Gasteiger partial charge in [-0.1, -0.05) is 43.8 Å². The van der Waals surface area contributed by atoms with Gasteiger partial charge in [0.25, 0.3) is 0 Å². The summed E-state index contributed by atoms with van der Waals surface area (Å²) < 4.78 is 27.1. The van der Waals surface area contributed by atoms with E-state index in [1.807, 2.05) is 24.3 Å². The summed E-state index contributed by atoms with van der Waals surface area (Å²) in [4.78, 5) is 1.27. The van der Waals surface area contributed by atoms with Gasteiger partial charge in [-0.25, -0.2) is 8.78 Å². The minimum atomic E-state index is -0.421. The maximum atomic E-state index is 13.8. The van der Waals surface area contributed by atoms with Crippen molar-refractivity contribution in [3.8, 4) is 0 Å². The fraction of sp³-hybridized carbons (Fsp3) is 0.294. The Morgan fingerprint density at radius 3 is 2.52 bits per heavy atom. The predicted octanol–water partition coefficient (Wildman–Crippen LogP) is 5.18. The Kier molecular flexibility index (Phi) is 5.76. The van der Waals surface area contributed by atoms with Crippen LogP contribution < -0.4 is 5.32 Å². The molecule has 0 bridgehead atoms. The molecule has 0 aliphatic heterocycles. The SMILES string of the molecule is CCNC(CC)c1ccccc1Sc1cc(F)ccc1F. The third-order valence-corrected chi connectivity index (χ3v) is 4.39. The highest BCUT2D eigenvalue weighted by molar-refractivity contribution is 7.99. The molecule has 0 radical (unpaired) electrons. The lowest BCUT2D eigenvalue weighted by Gasteiger charge is -2.19. The highest BCUT2D eigenvalue weighted by Gasteiger charge is 2.14. The van der Waals surface area contributed by atoms with Gasteiger partial charge in [0.15, 0.2) is 0 Å². The van der Waals surface area contributed by atoms with Crippen molar-refractivity contribution in [1.82, 2.24) is 5.32 Å². The summed E-state index contributed by atoms with van der Waals surface area (Å²) in [5, 5.41) is 3.42. The van der Waals surface area contributed by atoms with E-state index in [2.05, 4.69) is 19.2 Å². The van der Waals surface area contributed by atoms with Crippen LogP contribution in [0.2, 0.25) is 0 Å². The second kappa shape index (κ2) is 7.57. The summed E-state index contributed by atoms with van der Waals surface area (Å²) in [6.07, 6.45) is 0.942. The van der Waals surface area contributed by atoms with E-state index in [9.17, 15) is 8.78 Å². The molecule has 0 saturated carbocycles. The van der Waals surface area contributed by atoms with Crippen LogP contribution >= 0.6 is 11.8 Å². The van der Waals surface area contributed by atoms with Crippen LogP contribution in [0.5, 0.6) is 0 Å². The zero-order valence-corrected chi connectivity index (χ0v) is 13.0. The van der Waals surface area contributed by atoms with E-state index in [4.69, 9.17) is 0 Å². The molecule has 0 aromatic heterocycles. The molecule has 1 atom stereocenters. The average Bonchev–Trinajstić information content (AvgIpc) is 2.49. The van der Waals surface area contributed by atoms with Gasteiger partial charge in [0.05, 0.1) is 4.90 Å². The molecule has 0 aliphatic rings. The number of halogens is 2. The maximum absolute atomic E-state index is 13.8. The molecule has 1 N–H and O–H groups in total. The van der Waals surface area contributed by atoms with Crippen LogP contribution in [0.15, 0.2) is 52.3 Å². The lowest BCUT2D eigenvalue weighted by Crippen LogP contribution is -2.20. The first kappa shape index (κ1) is 16.0. The minimum Gasteiger partial charge on any atom is -0.310 e. The highest BCUT2D eigenvalue weighted by Crippen LogP contribution is 2.35. The maximum Gasteiger partial charge on any atom is 0.137 e. The van der Waals surface area contributed by atoms with E-state index < -0.39 is 11.6 Å². The van der Waals surface area contributed by atoms with Gasteiger partial charge in [0.2, 0.25) is 0 Å². The molecule has 0 fully saturated rings. The third-order valence-electron chi connectivity index (χ3n) is 3.27. The molecule has 0 amide bonds. The van der Waals surface area contributed by atoms with Gasteiger partial charge in [0.1, 0.15) is 11.6 Å². The van der Waals surface area contributed by atoms with Crippen molar-refractivity contribution in [2.45, 2.75) is 36.1 Å². The van der Waals surface area contributed by atoms with Crippen LogP contribution in [0.3, 0.4) is 0 Å². The van der Waals surface area contributed by atoms with Crippen LogP contribution in [0.25, 0.3) is 0 Å². The molecule has 21 heavy (non-hydrogen) atoms. The average molecular weight is 307 g/mol. The molecule has 4 heteroatoms. The Morgan fingerprint density at radius 1 is 1.05 bits per heavy atom. The monoisotopic (exact) mass is 307 g/mol. The predicted molar refractivity (Wildman–Crippen MR) is 83.6 cm³/mol. The largest absolute Gasteiger partial charge is 0.310 e. The van der Waals surface area contributed by atoms with E-state index in [0.717, 1.165) is 29.5 Å². The fourth-order valence-electron chi connectivity index (χ4n) is 2.26. The van der Waals surface area contributed by atoms with Crippen molar-refractivity contribution in [1.29, 1.82) is 0 Å². The van der Waals surface area contributed by atoms with E-state index in [1.54, 1.807) is 0 Å². The summed E-state index contributed by atoms with van der Waals surface area (Å²) in [5.74, 6) is -0.817. The van der Waals surface area contributed by atoms with E-state index >= 15 is 0 Å².